The number of carbonyl (C=O) groups excluding carboxylic acids is 1. The van der Waals surface area contributed by atoms with Crippen molar-refractivity contribution in [1.29, 1.82) is 0 Å². The number of carbonyl (C=O) groups is 1. The van der Waals surface area contributed by atoms with Crippen LogP contribution in [0.15, 0.2) is 42.6 Å². The summed E-state index contributed by atoms with van der Waals surface area (Å²) in [5.74, 6) is 2.57. The van der Waals surface area contributed by atoms with Crippen molar-refractivity contribution in [1.82, 2.24) is 4.98 Å². The Labute approximate surface area is 133 Å². The fraction of sp³-hybridized carbons (Fsp3) is 0.250. The summed E-state index contributed by atoms with van der Waals surface area (Å²) < 4.78 is 10.7. The lowest BCUT2D eigenvalue weighted by Gasteiger charge is -2.24. The van der Waals surface area contributed by atoms with Gasteiger partial charge in [0.25, 0.3) is 0 Å². The molecule has 114 valence electrons. The molecule has 2 heterocycles. The quantitative estimate of drug-likeness (QED) is 0.868. The van der Waals surface area contributed by atoms with Gasteiger partial charge in [0.05, 0.1) is 20.0 Å². The van der Waals surface area contributed by atoms with Gasteiger partial charge in [-0.05, 0) is 30.3 Å². The number of rotatable bonds is 4. The van der Waals surface area contributed by atoms with Crippen molar-refractivity contribution in [3.8, 4) is 11.5 Å². The van der Waals surface area contributed by atoms with E-state index in [1.807, 2.05) is 36.4 Å². The second kappa shape index (κ2) is 6.27. The van der Waals surface area contributed by atoms with E-state index in [9.17, 15) is 4.79 Å². The zero-order chi connectivity index (χ0) is 15.5. The Hall–Kier alpha value is -2.21. The van der Waals surface area contributed by atoms with E-state index in [1.54, 1.807) is 37.1 Å². The number of pyridine rings is 1. The van der Waals surface area contributed by atoms with Crippen LogP contribution < -0.4 is 14.4 Å². The maximum atomic E-state index is 12.3. The van der Waals surface area contributed by atoms with E-state index in [0.29, 0.717) is 11.6 Å². The Balaban J connectivity index is 2.05. The van der Waals surface area contributed by atoms with Gasteiger partial charge in [0.2, 0.25) is 5.91 Å². The maximum absolute atomic E-state index is 12.3. The molecule has 0 bridgehead atoms. The summed E-state index contributed by atoms with van der Waals surface area (Å²) in [6.07, 6.45) is 1.69. The molecule has 1 unspecified atom stereocenters. The van der Waals surface area contributed by atoms with Gasteiger partial charge >= 0.3 is 0 Å². The number of thioether (sulfide) groups is 1. The van der Waals surface area contributed by atoms with E-state index >= 15 is 0 Å². The molecule has 5 nitrogen and oxygen atoms in total. The molecule has 0 aliphatic carbocycles. The number of methoxy groups -OCH3 is 2. The van der Waals surface area contributed by atoms with Gasteiger partial charge in [-0.25, -0.2) is 4.98 Å². The molecule has 1 amide bonds. The molecule has 1 fully saturated rings. The maximum Gasteiger partial charge on any atom is 0.239 e. The van der Waals surface area contributed by atoms with Gasteiger partial charge in [0, 0.05) is 11.8 Å². The highest BCUT2D eigenvalue weighted by Crippen LogP contribution is 2.45. The molecular weight excluding hydrogens is 300 g/mol. The van der Waals surface area contributed by atoms with Gasteiger partial charge < -0.3 is 9.47 Å². The van der Waals surface area contributed by atoms with Crippen LogP contribution in [-0.2, 0) is 4.79 Å². The van der Waals surface area contributed by atoms with E-state index in [1.165, 1.54) is 0 Å². The lowest BCUT2D eigenvalue weighted by molar-refractivity contribution is -0.115. The van der Waals surface area contributed by atoms with Crippen LogP contribution in [-0.4, -0.2) is 30.9 Å². The highest BCUT2D eigenvalue weighted by atomic mass is 32.2. The first-order chi connectivity index (χ1) is 10.7. The van der Waals surface area contributed by atoms with Gasteiger partial charge in [-0.1, -0.05) is 6.07 Å². The molecule has 1 aliphatic rings. The molecule has 22 heavy (non-hydrogen) atoms. The summed E-state index contributed by atoms with van der Waals surface area (Å²) in [5.41, 5.74) is 0.906. The summed E-state index contributed by atoms with van der Waals surface area (Å²) >= 11 is 1.56. The minimum Gasteiger partial charge on any atom is -0.497 e. The Morgan fingerprint density at radius 2 is 2.09 bits per heavy atom. The number of benzene rings is 1. The van der Waals surface area contributed by atoms with Crippen LogP contribution in [0.2, 0.25) is 0 Å². The van der Waals surface area contributed by atoms with Crippen LogP contribution in [0, 0.1) is 0 Å². The molecule has 6 heteroatoms. The van der Waals surface area contributed by atoms with Gasteiger partial charge in [-0.3, -0.25) is 9.69 Å². The normalized spacial score (nSPS) is 17.6. The van der Waals surface area contributed by atoms with E-state index in [0.717, 1.165) is 17.1 Å². The number of amides is 1. The largest absolute Gasteiger partial charge is 0.497 e. The van der Waals surface area contributed by atoms with Crippen LogP contribution in [0.4, 0.5) is 5.82 Å². The molecule has 1 atom stereocenters. The monoisotopic (exact) mass is 316 g/mol. The molecule has 1 aromatic carbocycles. The zero-order valence-corrected chi connectivity index (χ0v) is 13.2. The van der Waals surface area contributed by atoms with E-state index in [4.69, 9.17) is 9.47 Å². The molecule has 3 rings (SSSR count). The first-order valence-electron chi connectivity index (χ1n) is 6.81. The topological polar surface area (TPSA) is 51.7 Å². The van der Waals surface area contributed by atoms with E-state index in [2.05, 4.69) is 4.98 Å². The molecule has 1 aromatic heterocycles. The van der Waals surface area contributed by atoms with Gasteiger partial charge in [0.15, 0.2) is 0 Å². The molecular formula is C16H16N2O3S. The predicted octanol–water partition coefficient (Wildman–Crippen LogP) is 2.88. The number of hydrogen-bond acceptors (Lipinski definition) is 5. The van der Waals surface area contributed by atoms with Crippen LogP contribution in [0.25, 0.3) is 0 Å². The first kappa shape index (κ1) is 14.7. The van der Waals surface area contributed by atoms with Crippen molar-refractivity contribution in [2.45, 2.75) is 5.37 Å². The van der Waals surface area contributed by atoms with Gasteiger partial charge in [-0.2, -0.15) is 0 Å². The molecule has 0 N–H and O–H groups in total. The lowest BCUT2D eigenvalue weighted by Crippen LogP contribution is -2.28. The van der Waals surface area contributed by atoms with Crippen molar-refractivity contribution >= 4 is 23.5 Å². The standard InChI is InChI=1S/C16H16N2O3S/c1-20-11-6-7-13(21-2)12(9-11)16-18(15(19)10-22-16)14-5-3-4-8-17-14/h3-9,16H,10H2,1-2H3. The van der Waals surface area contributed by atoms with Crippen molar-refractivity contribution < 1.29 is 14.3 Å². The summed E-state index contributed by atoms with van der Waals surface area (Å²) in [4.78, 5) is 18.3. The van der Waals surface area contributed by atoms with Crippen molar-refractivity contribution in [2.24, 2.45) is 0 Å². The third-order valence-electron chi connectivity index (χ3n) is 3.47. The van der Waals surface area contributed by atoms with Crippen molar-refractivity contribution in [3.05, 3.63) is 48.2 Å². The van der Waals surface area contributed by atoms with Crippen molar-refractivity contribution in [2.75, 3.05) is 24.9 Å². The van der Waals surface area contributed by atoms with Crippen LogP contribution in [0.5, 0.6) is 11.5 Å². The molecule has 1 aliphatic heterocycles. The Kier molecular flexibility index (Phi) is 4.20. The molecule has 0 radical (unpaired) electrons. The fourth-order valence-corrected chi connectivity index (χ4v) is 3.61. The Morgan fingerprint density at radius 3 is 2.77 bits per heavy atom. The molecule has 2 aromatic rings. The molecule has 1 saturated heterocycles. The third kappa shape index (κ3) is 2.62. The minimum absolute atomic E-state index is 0.0403. The van der Waals surface area contributed by atoms with Crippen molar-refractivity contribution in [3.63, 3.8) is 0 Å². The minimum atomic E-state index is -0.174. The molecule has 0 saturated carbocycles. The number of nitrogens with zero attached hydrogens (tertiary/aromatic N) is 2. The lowest BCUT2D eigenvalue weighted by atomic mass is 10.1. The van der Waals surface area contributed by atoms with E-state index < -0.39 is 0 Å². The second-order valence-corrected chi connectivity index (χ2v) is 5.79. The number of anilines is 1. The number of ether oxygens (including phenoxy) is 2. The second-order valence-electron chi connectivity index (χ2n) is 4.72. The summed E-state index contributed by atoms with van der Waals surface area (Å²) in [7, 11) is 3.24. The van der Waals surface area contributed by atoms with E-state index in [-0.39, 0.29) is 11.3 Å². The zero-order valence-electron chi connectivity index (χ0n) is 12.4. The molecule has 0 spiro atoms. The number of hydrogen-bond donors (Lipinski definition) is 0. The number of aromatic nitrogens is 1. The summed E-state index contributed by atoms with van der Waals surface area (Å²) in [5, 5.41) is -0.174. The van der Waals surface area contributed by atoms with Gasteiger partial charge in [0.1, 0.15) is 22.7 Å². The summed E-state index contributed by atoms with van der Waals surface area (Å²) in [6, 6.07) is 11.1. The van der Waals surface area contributed by atoms with Crippen LogP contribution in [0.1, 0.15) is 10.9 Å². The highest BCUT2D eigenvalue weighted by Gasteiger charge is 2.36. The van der Waals surface area contributed by atoms with Crippen LogP contribution in [0.3, 0.4) is 0 Å². The Bertz CT molecular complexity index is 678. The fourth-order valence-electron chi connectivity index (χ4n) is 2.43. The summed E-state index contributed by atoms with van der Waals surface area (Å²) in [6.45, 7) is 0. The van der Waals surface area contributed by atoms with Gasteiger partial charge in [-0.15, -0.1) is 11.8 Å². The average molecular weight is 316 g/mol. The SMILES string of the molecule is COc1ccc(OC)c(C2SCC(=O)N2c2ccccn2)c1. The van der Waals surface area contributed by atoms with Crippen LogP contribution >= 0.6 is 11.8 Å². The average Bonchev–Trinajstić information content (AvgIpc) is 2.96. The highest BCUT2D eigenvalue weighted by molar-refractivity contribution is 8.00. The smallest absolute Gasteiger partial charge is 0.239 e. The Morgan fingerprint density at radius 1 is 1.23 bits per heavy atom. The first-order valence-corrected chi connectivity index (χ1v) is 7.86. The third-order valence-corrected chi connectivity index (χ3v) is 4.66. The predicted molar refractivity (Wildman–Crippen MR) is 86.5 cm³/mol.